The number of hydrogen-bond donors (Lipinski definition) is 2. The van der Waals surface area contributed by atoms with Crippen molar-refractivity contribution in [3.05, 3.63) is 0 Å². The minimum atomic E-state index is 0. The molecule has 0 aliphatic heterocycles. The standard InChI is InChI=1S/C12H28N.C2H8N2.BrH/c1-5-9-13(10-6-2,11-7-3)12-8-4;3-1-2-4;/h5-12H2,1-4H3;1-4H2;1H/q+1;;/p-1. The lowest BCUT2D eigenvalue weighted by atomic mass is 10.2. The third-order valence-corrected chi connectivity index (χ3v) is 2.96. The maximum atomic E-state index is 4.90. The Bertz CT molecular complexity index is 111. The van der Waals surface area contributed by atoms with Crippen LogP contribution in [0.15, 0.2) is 0 Å². The lowest BCUT2D eigenvalue weighted by molar-refractivity contribution is -0.928. The molecule has 0 heterocycles. The molecular formula is C14H36BrN3. The first-order valence-corrected chi connectivity index (χ1v) is 7.41. The van der Waals surface area contributed by atoms with Crippen molar-refractivity contribution in [2.24, 2.45) is 11.5 Å². The number of nitrogens with two attached hydrogens (primary N) is 2. The van der Waals surface area contributed by atoms with Gasteiger partial charge in [-0.25, -0.2) is 0 Å². The average Bonchev–Trinajstić information content (AvgIpc) is 2.31. The Morgan fingerprint density at radius 2 is 0.833 bits per heavy atom. The topological polar surface area (TPSA) is 52.0 Å². The summed E-state index contributed by atoms with van der Waals surface area (Å²) in [7, 11) is 0. The molecule has 3 nitrogen and oxygen atoms in total. The van der Waals surface area contributed by atoms with Crippen molar-refractivity contribution in [1.29, 1.82) is 0 Å². The fraction of sp³-hybridized carbons (Fsp3) is 1.00. The average molecular weight is 326 g/mol. The summed E-state index contributed by atoms with van der Waals surface area (Å²) in [6, 6.07) is 0. The Kier molecular flexibility index (Phi) is 22.6. The largest absolute Gasteiger partial charge is 1.00 e. The molecule has 0 fully saturated rings. The van der Waals surface area contributed by atoms with Crippen molar-refractivity contribution in [3.8, 4) is 0 Å². The van der Waals surface area contributed by atoms with Gasteiger partial charge in [-0.2, -0.15) is 0 Å². The first-order valence-electron chi connectivity index (χ1n) is 7.41. The van der Waals surface area contributed by atoms with E-state index in [4.69, 9.17) is 11.5 Å². The molecule has 0 rings (SSSR count). The summed E-state index contributed by atoms with van der Waals surface area (Å²) in [4.78, 5) is 0. The summed E-state index contributed by atoms with van der Waals surface area (Å²) >= 11 is 0. The predicted molar refractivity (Wildman–Crippen MR) is 79.0 cm³/mol. The fourth-order valence-corrected chi connectivity index (χ4v) is 2.57. The van der Waals surface area contributed by atoms with Crippen molar-refractivity contribution >= 4 is 0 Å². The molecule has 0 unspecified atom stereocenters. The van der Waals surface area contributed by atoms with Crippen molar-refractivity contribution in [2.45, 2.75) is 53.4 Å². The molecule has 0 aromatic heterocycles. The molecule has 0 amide bonds. The molecule has 0 aliphatic rings. The summed E-state index contributed by atoms with van der Waals surface area (Å²) in [5.41, 5.74) is 9.81. The molecule has 0 saturated carbocycles. The number of nitrogens with zero attached hydrogens (tertiary/aromatic N) is 1. The highest BCUT2D eigenvalue weighted by Crippen LogP contribution is 2.12. The third kappa shape index (κ3) is 12.8. The van der Waals surface area contributed by atoms with Gasteiger partial charge in [0.25, 0.3) is 0 Å². The highest BCUT2D eigenvalue weighted by atomic mass is 79.9. The zero-order chi connectivity index (χ0) is 13.6. The summed E-state index contributed by atoms with van der Waals surface area (Å²) in [6.45, 7) is 16.0. The normalized spacial score (nSPS) is 10.3. The molecule has 0 aliphatic carbocycles. The minimum Gasteiger partial charge on any atom is -1.00 e. The first-order chi connectivity index (χ1) is 8.16. The molecule has 4 heteroatoms. The molecule has 0 radical (unpaired) electrons. The number of rotatable bonds is 9. The van der Waals surface area contributed by atoms with E-state index in [1.165, 1.54) is 56.3 Å². The molecule has 0 aromatic rings. The highest BCUT2D eigenvalue weighted by Gasteiger charge is 2.22. The molecule has 0 saturated heterocycles. The van der Waals surface area contributed by atoms with Crippen LogP contribution in [0.5, 0.6) is 0 Å². The molecule has 0 bridgehead atoms. The molecule has 0 atom stereocenters. The SMILES string of the molecule is CCC[N+](CCC)(CCC)CCC.NCCN.[Br-]. The van der Waals surface area contributed by atoms with Crippen LogP contribution in [0.2, 0.25) is 0 Å². The Balaban J connectivity index is -0.000000392. The van der Waals surface area contributed by atoms with Crippen molar-refractivity contribution in [2.75, 3.05) is 39.3 Å². The van der Waals surface area contributed by atoms with E-state index in [0.717, 1.165) is 0 Å². The maximum absolute atomic E-state index is 4.90. The van der Waals surface area contributed by atoms with E-state index < -0.39 is 0 Å². The van der Waals surface area contributed by atoms with Gasteiger partial charge in [0.15, 0.2) is 0 Å². The maximum Gasteiger partial charge on any atom is 0.0783 e. The molecule has 4 N–H and O–H groups in total. The highest BCUT2D eigenvalue weighted by molar-refractivity contribution is 4.43. The van der Waals surface area contributed by atoms with Crippen molar-refractivity contribution < 1.29 is 21.5 Å². The van der Waals surface area contributed by atoms with E-state index in [2.05, 4.69) is 27.7 Å². The van der Waals surface area contributed by atoms with Crippen LogP contribution < -0.4 is 28.4 Å². The minimum absolute atomic E-state index is 0. The summed E-state index contributed by atoms with van der Waals surface area (Å²) < 4.78 is 1.38. The van der Waals surface area contributed by atoms with E-state index in [-0.39, 0.29) is 17.0 Å². The summed E-state index contributed by atoms with van der Waals surface area (Å²) in [5, 5.41) is 0. The van der Waals surface area contributed by atoms with Gasteiger partial charge in [0.05, 0.1) is 26.2 Å². The lowest BCUT2D eigenvalue weighted by Crippen LogP contribution is -3.00. The van der Waals surface area contributed by atoms with Crippen LogP contribution in [0.3, 0.4) is 0 Å². The van der Waals surface area contributed by atoms with Crippen molar-refractivity contribution in [1.82, 2.24) is 0 Å². The quantitative estimate of drug-likeness (QED) is 0.554. The van der Waals surface area contributed by atoms with Gasteiger partial charge in [0.1, 0.15) is 0 Å². The monoisotopic (exact) mass is 325 g/mol. The van der Waals surface area contributed by atoms with Gasteiger partial charge >= 0.3 is 0 Å². The van der Waals surface area contributed by atoms with Gasteiger partial charge in [0.2, 0.25) is 0 Å². The fourth-order valence-electron chi connectivity index (χ4n) is 2.57. The molecule has 0 aromatic carbocycles. The number of halogens is 1. The molecular weight excluding hydrogens is 290 g/mol. The van der Waals surface area contributed by atoms with Crippen molar-refractivity contribution in [3.63, 3.8) is 0 Å². The first kappa shape index (κ1) is 23.5. The van der Waals surface area contributed by atoms with E-state index in [1.54, 1.807) is 0 Å². The van der Waals surface area contributed by atoms with E-state index in [9.17, 15) is 0 Å². The van der Waals surface area contributed by atoms with Crippen LogP contribution in [0.1, 0.15) is 53.4 Å². The summed E-state index contributed by atoms with van der Waals surface area (Å²) in [5.74, 6) is 0. The Morgan fingerprint density at radius 3 is 0.944 bits per heavy atom. The van der Waals surface area contributed by atoms with Gasteiger partial charge in [-0.05, 0) is 25.7 Å². The second kappa shape index (κ2) is 17.4. The van der Waals surface area contributed by atoms with E-state index >= 15 is 0 Å². The van der Waals surface area contributed by atoms with Crippen LogP contribution in [0.25, 0.3) is 0 Å². The van der Waals surface area contributed by atoms with E-state index in [0.29, 0.717) is 13.1 Å². The van der Waals surface area contributed by atoms with E-state index in [1.807, 2.05) is 0 Å². The van der Waals surface area contributed by atoms with Crippen LogP contribution in [-0.4, -0.2) is 43.8 Å². The second-order valence-corrected chi connectivity index (χ2v) is 4.81. The van der Waals surface area contributed by atoms with Gasteiger partial charge in [-0.1, -0.05) is 27.7 Å². The molecule has 114 valence electrons. The van der Waals surface area contributed by atoms with Gasteiger partial charge < -0.3 is 32.9 Å². The lowest BCUT2D eigenvalue weighted by Gasteiger charge is -2.38. The van der Waals surface area contributed by atoms with Crippen LogP contribution in [0.4, 0.5) is 0 Å². The van der Waals surface area contributed by atoms with Crippen LogP contribution in [0, 0.1) is 0 Å². The summed E-state index contributed by atoms with van der Waals surface area (Å²) in [6.07, 6.45) is 5.33. The molecule has 0 spiro atoms. The predicted octanol–water partition coefficient (Wildman–Crippen LogP) is -0.649. The zero-order valence-corrected chi connectivity index (χ0v) is 14.6. The van der Waals surface area contributed by atoms with Gasteiger partial charge in [-0.15, -0.1) is 0 Å². The number of hydrogen-bond acceptors (Lipinski definition) is 2. The zero-order valence-electron chi connectivity index (χ0n) is 13.1. The van der Waals surface area contributed by atoms with Crippen LogP contribution >= 0.6 is 0 Å². The Morgan fingerprint density at radius 1 is 0.611 bits per heavy atom. The molecule has 18 heavy (non-hydrogen) atoms. The second-order valence-electron chi connectivity index (χ2n) is 4.81. The van der Waals surface area contributed by atoms with Crippen LogP contribution in [-0.2, 0) is 0 Å². The number of quaternary nitrogens is 1. The van der Waals surface area contributed by atoms with Gasteiger partial charge in [0, 0.05) is 13.1 Å². The smallest absolute Gasteiger partial charge is 0.0783 e. The van der Waals surface area contributed by atoms with Gasteiger partial charge in [-0.3, -0.25) is 0 Å². The Hall–Kier alpha value is 0.360. The third-order valence-electron chi connectivity index (χ3n) is 2.96. The Labute approximate surface area is 126 Å².